The number of esters is 1. The van der Waals surface area contributed by atoms with E-state index < -0.39 is 17.1 Å². The first-order valence-corrected chi connectivity index (χ1v) is 10.7. The van der Waals surface area contributed by atoms with Crippen LogP contribution in [0.4, 0.5) is 4.79 Å². The van der Waals surface area contributed by atoms with Crippen LogP contribution in [0.15, 0.2) is 41.3 Å². The van der Waals surface area contributed by atoms with Gasteiger partial charge in [-0.25, -0.2) is 0 Å². The lowest BCUT2D eigenvalue weighted by Gasteiger charge is -2.15. The van der Waals surface area contributed by atoms with Gasteiger partial charge in [0.2, 0.25) is 0 Å². The van der Waals surface area contributed by atoms with Crippen LogP contribution < -0.4 is 4.74 Å². The van der Waals surface area contributed by atoms with Crippen LogP contribution in [0.1, 0.15) is 33.3 Å². The van der Waals surface area contributed by atoms with Crippen LogP contribution in [0.5, 0.6) is 5.75 Å². The lowest BCUT2D eigenvalue weighted by Crippen LogP contribution is -2.34. The van der Waals surface area contributed by atoms with Crippen LogP contribution in [0.3, 0.4) is 0 Å². The summed E-state index contributed by atoms with van der Waals surface area (Å²) in [5.41, 5.74) is 0.731. The highest BCUT2D eigenvalue weighted by Crippen LogP contribution is 2.37. The molecule has 2 aromatic carbocycles. The molecule has 0 atom stereocenters. The third kappa shape index (κ3) is 5.02. The van der Waals surface area contributed by atoms with Crippen molar-refractivity contribution in [3.63, 3.8) is 0 Å². The van der Waals surface area contributed by atoms with E-state index in [-0.39, 0.29) is 30.1 Å². The number of thioether (sulfide) groups is 1. The zero-order valence-electron chi connectivity index (χ0n) is 17.5. The number of ether oxygens (including phenoxy) is 2. The Kier molecular flexibility index (Phi) is 6.82. The number of nitrogens with zero attached hydrogens (tertiary/aromatic N) is 1. The molecule has 6 nitrogen and oxygen atoms in total. The smallest absolute Gasteiger partial charge is 0.326 e. The third-order valence-electron chi connectivity index (χ3n) is 4.31. The molecule has 7 heteroatoms. The molecule has 2 amide bonds. The number of carbonyl (C=O) groups excluding carboxylic acids is 3. The van der Waals surface area contributed by atoms with Gasteiger partial charge in [0.25, 0.3) is 11.1 Å². The minimum Gasteiger partial charge on any atom is -0.490 e. The fourth-order valence-corrected chi connectivity index (χ4v) is 3.80. The summed E-state index contributed by atoms with van der Waals surface area (Å²) in [5.74, 6) is -0.294. The normalized spacial score (nSPS) is 15.7. The maximum atomic E-state index is 12.8. The highest BCUT2D eigenvalue weighted by atomic mass is 32.2. The van der Waals surface area contributed by atoms with Gasteiger partial charge in [-0.3, -0.25) is 19.3 Å². The molecule has 0 unspecified atom stereocenters. The minimum absolute atomic E-state index is 0.0518. The molecule has 0 radical (unpaired) electrons. The zero-order valence-corrected chi connectivity index (χ0v) is 18.3. The highest BCUT2D eigenvalue weighted by Gasteiger charge is 2.37. The van der Waals surface area contributed by atoms with E-state index >= 15 is 0 Å². The van der Waals surface area contributed by atoms with Gasteiger partial charge in [0, 0.05) is 5.56 Å². The number of hydrogen-bond acceptors (Lipinski definition) is 6. The molecule has 1 aliphatic rings. The summed E-state index contributed by atoms with van der Waals surface area (Å²) in [7, 11) is 0. The summed E-state index contributed by atoms with van der Waals surface area (Å²) in [6.07, 6.45) is 1.62. The number of imide groups is 1. The monoisotopic (exact) mass is 427 g/mol. The predicted octanol–water partition coefficient (Wildman–Crippen LogP) is 4.86. The van der Waals surface area contributed by atoms with Gasteiger partial charge < -0.3 is 9.47 Å². The summed E-state index contributed by atoms with van der Waals surface area (Å²) in [6.45, 7) is 7.54. The topological polar surface area (TPSA) is 72.9 Å². The third-order valence-corrected chi connectivity index (χ3v) is 5.21. The number of fused-ring (bicyclic) bond motifs is 1. The van der Waals surface area contributed by atoms with Gasteiger partial charge in [0.05, 0.1) is 17.6 Å². The Morgan fingerprint density at radius 2 is 1.83 bits per heavy atom. The summed E-state index contributed by atoms with van der Waals surface area (Å²) >= 11 is 0.814. The van der Waals surface area contributed by atoms with E-state index in [0.29, 0.717) is 5.75 Å². The van der Waals surface area contributed by atoms with E-state index in [0.717, 1.165) is 33.0 Å². The molecule has 1 saturated heterocycles. The predicted molar refractivity (Wildman–Crippen MR) is 118 cm³/mol. The molecule has 0 spiro atoms. The van der Waals surface area contributed by atoms with E-state index in [1.165, 1.54) is 0 Å². The second kappa shape index (κ2) is 9.34. The van der Waals surface area contributed by atoms with Gasteiger partial charge >= 0.3 is 5.97 Å². The van der Waals surface area contributed by atoms with Gasteiger partial charge in [0.15, 0.2) is 0 Å². The molecular formula is C23H25NO5S. The number of rotatable bonds is 7. The molecule has 0 saturated carbocycles. The van der Waals surface area contributed by atoms with Crippen LogP contribution in [0.25, 0.3) is 16.8 Å². The zero-order chi connectivity index (χ0) is 21.8. The maximum Gasteiger partial charge on any atom is 0.326 e. The molecule has 1 fully saturated rings. The van der Waals surface area contributed by atoms with Crippen molar-refractivity contribution in [3.8, 4) is 5.75 Å². The van der Waals surface area contributed by atoms with Crippen molar-refractivity contribution < 1.29 is 23.9 Å². The Bertz CT molecular complexity index is 1010. The molecule has 0 N–H and O–H groups in total. The largest absolute Gasteiger partial charge is 0.490 e. The summed E-state index contributed by atoms with van der Waals surface area (Å²) in [6, 6.07) is 11.6. The Balaban J connectivity index is 1.91. The molecule has 1 heterocycles. The SMILES string of the molecule is CC(C)COC(=O)CN1C(=O)S/C(=C/c2c(OC(C)C)ccc3ccccc23)C1=O. The quantitative estimate of drug-likeness (QED) is 0.464. The van der Waals surface area contributed by atoms with Gasteiger partial charge in [-0.2, -0.15) is 0 Å². The fourth-order valence-electron chi connectivity index (χ4n) is 2.98. The maximum absolute atomic E-state index is 12.8. The fraction of sp³-hybridized carbons (Fsp3) is 0.348. The van der Waals surface area contributed by atoms with Crippen LogP contribution in [-0.2, 0) is 14.3 Å². The Morgan fingerprint density at radius 3 is 2.53 bits per heavy atom. The van der Waals surface area contributed by atoms with Gasteiger partial charge in [-0.1, -0.05) is 44.2 Å². The summed E-state index contributed by atoms with van der Waals surface area (Å²) in [4.78, 5) is 38.4. The van der Waals surface area contributed by atoms with Gasteiger partial charge in [-0.05, 0) is 54.4 Å². The Morgan fingerprint density at radius 1 is 1.10 bits per heavy atom. The lowest BCUT2D eigenvalue weighted by molar-refractivity contribution is -0.147. The second-order valence-electron chi connectivity index (χ2n) is 7.71. The van der Waals surface area contributed by atoms with E-state index in [2.05, 4.69) is 0 Å². The average Bonchev–Trinajstić information content (AvgIpc) is 2.95. The molecule has 0 bridgehead atoms. The van der Waals surface area contributed by atoms with Crippen LogP contribution in [0.2, 0.25) is 0 Å². The molecule has 0 aromatic heterocycles. The van der Waals surface area contributed by atoms with Gasteiger partial charge in [-0.15, -0.1) is 0 Å². The first-order chi connectivity index (χ1) is 14.3. The first kappa shape index (κ1) is 21.9. The van der Waals surface area contributed by atoms with E-state index in [1.807, 2.05) is 64.1 Å². The summed E-state index contributed by atoms with van der Waals surface area (Å²) in [5, 5.41) is 1.43. The van der Waals surface area contributed by atoms with Crippen LogP contribution >= 0.6 is 11.8 Å². The Hall–Kier alpha value is -2.80. The minimum atomic E-state index is -0.596. The number of carbonyl (C=O) groups is 3. The van der Waals surface area contributed by atoms with Crippen molar-refractivity contribution in [2.24, 2.45) is 5.92 Å². The van der Waals surface area contributed by atoms with Crippen molar-refractivity contribution in [1.82, 2.24) is 4.90 Å². The summed E-state index contributed by atoms with van der Waals surface area (Å²) < 4.78 is 11.0. The first-order valence-electron chi connectivity index (χ1n) is 9.85. The van der Waals surface area contributed by atoms with Crippen molar-refractivity contribution in [2.75, 3.05) is 13.2 Å². The van der Waals surface area contributed by atoms with Crippen molar-refractivity contribution >= 4 is 45.7 Å². The molecule has 3 rings (SSSR count). The van der Waals surface area contributed by atoms with Gasteiger partial charge in [0.1, 0.15) is 12.3 Å². The number of hydrogen-bond donors (Lipinski definition) is 0. The molecule has 1 aliphatic heterocycles. The van der Waals surface area contributed by atoms with Crippen molar-refractivity contribution in [2.45, 2.75) is 33.8 Å². The van der Waals surface area contributed by atoms with Crippen LogP contribution in [-0.4, -0.2) is 41.3 Å². The van der Waals surface area contributed by atoms with E-state index in [4.69, 9.17) is 9.47 Å². The van der Waals surface area contributed by atoms with E-state index in [9.17, 15) is 14.4 Å². The Labute approximate surface area is 180 Å². The standard InChI is InChI=1S/C23H25NO5S/c1-14(2)13-28-21(25)12-24-22(26)20(30-23(24)27)11-18-17-8-6-5-7-16(17)9-10-19(18)29-15(3)4/h5-11,14-15H,12-13H2,1-4H3/b20-11+. The number of amides is 2. The molecule has 2 aromatic rings. The molecule has 158 valence electrons. The highest BCUT2D eigenvalue weighted by molar-refractivity contribution is 8.18. The van der Waals surface area contributed by atoms with Crippen molar-refractivity contribution in [1.29, 1.82) is 0 Å². The van der Waals surface area contributed by atoms with E-state index in [1.54, 1.807) is 6.08 Å². The second-order valence-corrected chi connectivity index (χ2v) is 8.70. The van der Waals surface area contributed by atoms with Crippen molar-refractivity contribution in [3.05, 3.63) is 46.9 Å². The molecular weight excluding hydrogens is 402 g/mol. The molecule has 30 heavy (non-hydrogen) atoms. The lowest BCUT2D eigenvalue weighted by atomic mass is 10.0. The molecule has 0 aliphatic carbocycles. The number of benzene rings is 2. The average molecular weight is 428 g/mol. The van der Waals surface area contributed by atoms with Crippen LogP contribution in [0, 0.1) is 5.92 Å².